The van der Waals surface area contributed by atoms with Crippen molar-refractivity contribution in [3.63, 3.8) is 0 Å². The summed E-state index contributed by atoms with van der Waals surface area (Å²) in [6, 6.07) is 5.43. The first-order valence-corrected chi connectivity index (χ1v) is 6.37. The first kappa shape index (κ1) is 15.6. The second kappa shape index (κ2) is 7.21. The summed E-state index contributed by atoms with van der Waals surface area (Å²) in [5.41, 5.74) is 0.496. The third kappa shape index (κ3) is 4.61. The van der Waals surface area contributed by atoms with Gasteiger partial charge in [0.15, 0.2) is 0 Å². The van der Waals surface area contributed by atoms with E-state index in [0.717, 1.165) is 0 Å². The zero-order valence-electron chi connectivity index (χ0n) is 11.6. The van der Waals surface area contributed by atoms with Crippen LogP contribution in [0.1, 0.15) is 25.5 Å². The molecule has 4 nitrogen and oxygen atoms in total. The molecular formula is C14H21FN2O2. The third-order valence-corrected chi connectivity index (χ3v) is 3.07. The van der Waals surface area contributed by atoms with E-state index in [4.69, 9.17) is 0 Å². The molecule has 2 N–H and O–H groups in total. The van der Waals surface area contributed by atoms with Gasteiger partial charge in [0, 0.05) is 20.1 Å². The van der Waals surface area contributed by atoms with E-state index in [0.29, 0.717) is 12.1 Å². The molecule has 0 radical (unpaired) electrons. The lowest BCUT2D eigenvalue weighted by molar-refractivity contribution is -0.131. The fraction of sp³-hybridized carbons (Fsp3) is 0.500. The highest BCUT2D eigenvalue weighted by Crippen LogP contribution is 2.13. The summed E-state index contributed by atoms with van der Waals surface area (Å²) in [5, 5.41) is 12.9. The van der Waals surface area contributed by atoms with Gasteiger partial charge in [0.25, 0.3) is 0 Å². The zero-order chi connectivity index (χ0) is 14.4. The Morgan fingerprint density at radius 1 is 1.53 bits per heavy atom. The van der Waals surface area contributed by atoms with Gasteiger partial charge in [-0.25, -0.2) is 4.39 Å². The minimum absolute atomic E-state index is 0.0334. The summed E-state index contributed by atoms with van der Waals surface area (Å²) in [4.78, 5) is 13.4. The molecule has 0 aromatic heterocycles. The maximum absolute atomic E-state index is 13.0. The molecule has 1 aromatic carbocycles. The molecule has 1 rings (SSSR count). The smallest absolute Gasteiger partial charge is 0.239 e. The van der Waals surface area contributed by atoms with Crippen molar-refractivity contribution in [2.24, 2.45) is 0 Å². The standard InChI is InChI=1S/C14H21FN2O2/c1-4-17(3)14(19)10(2)16-9-13(18)11-6-5-7-12(15)8-11/h5-8,10,13,16,18H,4,9H2,1-3H3. The van der Waals surface area contributed by atoms with Crippen molar-refractivity contribution >= 4 is 5.91 Å². The number of nitrogens with zero attached hydrogens (tertiary/aromatic N) is 1. The first-order valence-electron chi connectivity index (χ1n) is 6.37. The van der Waals surface area contributed by atoms with Crippen molar-refractivity contribution in [3.05, 3.63) is 35.6 Å². The first-order chi connectivity index (χ1) is 8.95. The molecule has 0 fully saturated rings. The van der Waals surface area contributed by atoms with E-state index in [2.05, 4.69) is 5.32 Å². The van der Waals surface area contributed by atoms with E-state index >= 15 is 0 Å². The van der Waals surface area contributed by atoms with E-state index in [1.54, 1.807) is 31.0 Å². The average Bonchev–Trinajstić information content (AvgIpc) is 2.42. The number of hydrogen-bond donors (Lipinski definition) is 2. The monoisotopic (exact) mass is 268 g/mol. The second-order valence-corrected chi connectivity index (χ2v) is 4.55. The molecule has 0 spiro atoms. The number of amides is 1. The Morgan fingerprint density at radius 3 is 2.79 bits per heavy atom. The fourth-order valence-electron chi connectivity index (χ4n) is 1.69. The molecule has 0 heterocycles. The predicted octanol–water partition coefficient (Wildman–Crippen LogP) is 1.32. The highest BCUT2D eigenvalue weighted by molar-refractivity contribution is 5.81. The van der Waals surface area contributed by atoms with Gasteiger partial charge in [0.05, 0.1) is 12.1 Å². The van der Waals surface area contributed by atoms with Gasteiger partial charge in [-0.15, -0.1) is 0 Å². The highest BCUT2D eigenvalue weighted by atomic mass is 19.1. The lowest BCUT2D eigenvalue weighted by Crippen LogP contribution is -2.44. The SMILES string of the molecule is CCN(C)C(=O)C(C)NCC(O)c1cccc(F)c1. The fourth-order valence-corrected chi connectivity index (χ4v) is 1.69. The van der Waals surface area contributed by atoms with Gasteiger partial charge in [-0.2, -0.15) is 0 Å². The van der Waals surface area contributed by atoms with Crippen LogP contribution in [0.5, 0.6) is 0 Å². The molecule has 106 valence electrons. The molecule has 1 amide bonds. The van der Waals surface area contributed by atoms with Crippen molar-refractivity contribution < 1.29 is 14.3 Å². The van der Waals surface area contributed by atoms with E-state index in [-0.39, 0.29) is 24.3 Å². The van der Waals surface area contributed by atoms with E-state index in [9.17, 15) is 14.3 Å². The van der Waals surface area contributed by atoms with Gasteiger partial charge in [0.2, 0.25) is 5.91 Å². The van der Waals surface area contributed by atoms with Crippen molar-refractivity contribution in [2.45, 2.75) is 26.0 Å². The molecule has 0 aliphatic rings. The van der Waals surface area contributed by atoms with Gasteiger partial charge in [0.1, 0.15) is 5.82 Å². The minimum atomic E-state index is -0.835. The number of likely N-dealkylation sites (N-methyl/N-ethyl adjacent to an activating group) is 1. The third-order valence-electron chi connectivity index (χ3n) is 3.07. The van der Waals surface area contributed by atoms with Gasteiger partial charge in [-0.05, 0) is 31.5 Å². The molecular weight excluding hydrogens is 247 g/mol. The Balaban J connectivity index is 2.50. The summed E-state index contributed by atoms with van der Waals surface area (Å²) in [6.45, 7) is 4.48. The number of carbonyl (C=O) groups is 1. The number of benzene rings is 1. The zero-order valence-corrected chi connectivity index (χ0v) is 11.6. The number of carbonyl (C=O) groups excluding carboxylic acids is 1. The van der Waals surface area contributed by atoms with Crippen molar-refractivity contribution in [1.29, 1.82) is 0 Å². The maximum atomic E-state index is 13.0. The average molecular weight is 268 g/mol. The molecule has 0 saturated heterocycles. The number of aliphatic hydroxyl groups excluding tert-OH is 1. The van der Waals surface area contributed by atoms with Crippen LogP contribution in [-0.4, -0.2) is 42.1 Å². The van der Waals surface area contributed by atoms with Gasteiger partial charge in [-0.3, -0.25) is 4.79 Å². The number of halogens is 1. The molecule has 19 heavy (non-hydrogen) atoms. The van der Waals surface area contributed by atoms with Gasteiger partial charge >= 0.3 is 0 Å². The predicted molar refractivity (Wildman–Crippen MR) is 72.1 cm³/mol. The Bertz CT molecular complexity index is 426. The number of nitrogens with one attached hydrogen (secondary N) is 1. The van der Waals surface area contributed by atoms with Crippen LogP contribution < -0.4 is 5.32 Å². The summed E-state index contributed by atoms with van der Waals surface area (Å²) >= 11 is 0. The van der Waals surface area contributed by atoms with Crippen LogP contribution in [0.3, 0.4) is 0 Å². The molecule has 2 atom stereocenters. The summed E-state index contributed by atoms with van der Waals surface area (Å²) < 4.78 is 13.0. The van der Waals surface area contributed by atoms with Gasteiger partial charge < -0.3 is 15.3 Å². The Hall–Kier alpha value is -1.46. The molecule has 2 unspecified atom stereocenters. The quantitative estimate of drug-likeness (QED) is 0.818. The van der Waals surface area contributed by atoms with Crippen LogP contribution in [0.2, 0.25) is 0 Å². The lowest BCUT2D eigenvalue weighted by atomic mass is 10.1. The Kier molecular flexibility index (Phi) is 5.92. The van der Waals surface area contributed by atoms with E-state index in [1.165, 1.54) is 12.1 Å². The number of rotatable bonds is 6. The molecule has 0 bridgehead atoms. The molecule has 1 aromatic rings. The molecule has 0 aliphatic carbocycles. The van der Waals surface area contributed by atoms with Crippen molar-refractivity contribution in [1.82, 2.24) is 10.2 Å². The van der Waals surface area contributed by atoms with Crippen LogP contribution in [-0.2, 0) is 4.79 Å². The summed E-state index contributed by atoms with van der Waals surface area (Å²) in [6.07, 6.45) is -0.835. The second-order valence-electron chi connectivity index (χ2n) is 4.55. The van der Waals surface area contributed by atoms with Crippen molar-refractivity contribution in [3.8, 4) is 0 Å². The normalized spacial score (nSPS) is 13.9. The van der Waals surface area contributed by atoms with Crippen molar-refractivity contribution in [2.75, 3.05) is 20.1 Å². The maximum Gasteiger partial charge on any atom is 0.239 e. The molecule has 5 heteroatoms. The van der Waals surface area contributed by atoms with Crippen LogP contribution in [0, 0.1) is 5.82 Å². The Labute approximate surface area is 113 Å². The van der Waals surface area contributed by atoms with E-state index in [1.807, 2.05) is 6.92 Å². The number of aliphatic hydroxyl groups is 1. The number of hydrogen-bond acceptors (Lipinski definition) is 3. The van der Waals surface area contributed by atoms with Crippen LogP contribution in [0.25, 0.3) is 0 Å². The van der Waals surface area contributed by atoms with Crippen LogP contribution in [0.4, 0.5) is 4.39 Å². The highest BCUT2D eigenvalue weighted by Gasteiger charge is 2.17. The topological polar surface area (TPSA) is 52.6 Å². The van der Waals surface area contributed by atoms with E-state index < -0.39 is 6.10 Å². The summed E-state index contributed by atoms with van der Waals surface area (Å²) in [5.74, 6) is -0.416. The minimum Gasteiger partial charge on any atom is -0.387 e. The van der Waals surface area contributed by atoms with Gasteiger partial charge in [-0.1, -0.05) is 12.1 Å². The summed E-state index contributed by atoms with van der Waals surface area (Å²) in [7, 11) is 1.73. The van der Waals surface area contributed by atoms with Crippen LogP contribution in [0.15, 0.2) is 24.3 Å². The molecule has 0 aliphatic heterocycles. The lowest BCUT2D eigenvalue weighted by Gasteiger charge is -2.22. The largest absolute Gasteiger partial charge is 0.387 e. The van der Waals surface area contributed by atoms with Crippen LogP contribution >= 0.6 is 0 Å². The Morgan fingerprint density at radius 2 is 2.21 bits per heavy atom. The molecule has 0 saturated carbocycles.